The molecule has 0 aliphatic heterocycles. The molecule has 86 valence electrons. The first-order valence-corrected chi connectivity index (χ1v) is 6.04. The van der Waals surface area contributed by atoms with Gasteiger partial charge in [-0.05, 0) is 13.0 Å². The lowest BCUT2D eigenvalue weighted by molar-refractivity contribution is 0.171. The Bertz CT molecular complexity index is 422. The van der Waals surface area contributed by atoms with E-state index in [9.17, 15) is 8.42 Å². The van der Waals surface area contributed by atoms with Gasteiger partial charge in [-0.25, -0.2) is 8.42 Å². The molecule has 0 aliphatic carbocycles. The van der Waals surface area contributed by atoms with Crippen molar-refractivity contribution >= 4 is 10.0 Å². The van der Waals surface area contributed by atoms with Gasteiger partial charge in [0.05, 0.1) is 11.0 Å². The van der Waals surface area contributed by atoms with Crippen LogP contribution in [0.25, 0.3) is 0 Å². The van der Waals surface area contributed by atoms with E-state index in [1.54, 1.807) is 24.7 Å². The number of nitrogens with zero attached hydrogens (tertiary/aromatic N) is 2. The third-order valence-electron chi connectivity index (χ3n) is 2.03. The van der Waals surface area contributed by atoms with Crippen LogP contribution in [0.15, 0.2) is 23.4 Å². The van der Waals surface area contributed by atoms with Crippen molar-refractivity contribution in [2.45, 2.75) is 17.9 Å². The molecule has 0 amide bonds. The number of aliphatic hydroxyl groups excluding tert-OH is 1. The molecule has 1 aromatic heterocycles. The van der Waals surface area contributed by atoms with Gasteiger partial charge >= 0.3 is 0 Å². The number of aliphatic hydroxyl groups is 1. The molecular weight excluding hydrogens is 216 g/mol. The van der Waals surface area contributed by atoms with Crippen molar-refractivity contribution in [1.82, 2.24) is 8.87 Å². The summed E-state index contributed by atoms with van der Waals surface area (Å²) < 4.78 is 26.6. The van der Waals surface area contributed by atoms with E-state index in [4.69, 9.17) is 5.11 Å². The average molecular weight is 232 g/mol. The highest BCUT2D eigenvalue weighted by molar-refractivity contribution is 7.89. The van der Waals surface area contributed by atoms with Crippen LogP contribution in [0.4, 0.5) is 0 Å². The van der Waals surface area contributed by atoms with E-state index in [1.807, 2.05) is 0 Å². The lowest BCUT2D eigenvalue weighted by atomic mass is 10.4. The second-order valence-corrected chi connectivity index (χ2v) is 5.69. The molecule has 0 bridgehead atoms. The number of hydrogen-bond donors (Lipinski definition) is 1. The van der Waals surface area contributed by atoms with Crippen LogP contribution in [0, 0.1) is 0 Å². The van der Waals surface area contributed by atoms with E-state index in [1.165, 1.54) is 19.3 Å². The topological polar surface area (TPSA) is 62.5 Å². The summed E-state index contributed by atoms with van der Waals surface area (Å²) in [5.41, 5.74) is 0. The van der Waals surface area contributed by atoms with Crippen molar-refractivity contribution < 1.29 is 13.5 Å². The Morgan fingerprint density at radius 2 is 2.20 bits per heavy atom. The lowest BCUT2D eigenvalue weighted by Crippen LogP contribution is -2.32. The Morgan fingerprint density at radius 3 is 2.60 bits per heavy atom. The first-order chi connectivity index (χ1) is 6.84. The van der Waals surface area contributed by atoms with Crippen molar-refractivity contribution in [3.63, 3.8) is 0 Å². The van der Waals surface area contributed by atoms with Gasteiger partial charge in [0.2, 0.25) is 10.0 Å². The zero-order valence-corrected chi connectivity index (χ0v) is 9.90. The summed E-state index contributed by atoms with van der Waals surface area (Å²) in [6.07, 6.45) is 2.53. The second-order valence-electron chi connectivity index (χ2n) is 3.65. The van der Waals surface area contributed by atoms with E-state index in [0.29, 0.717) is 0 Å². The zero-order valence-electron chi connectivity index (χ0n) is 9.08. The number of hydrogen-bond acceptors (Lipinski definition) is 3. The maximum atomic E-state index is 11.9. The maximum Gasteiger partial charge on any atom is 0.244 e. The SMILES string of the molecule is CC(O)CN(C)S(=O)(=O)c1ccn(C)c1. The van der Waals surface area contributed by atoms with Crippen LogP contribution in [0.1, 0.15) is 6.92 Å². The predicted octanol–water partition coefficient (Wildman–Crippen LogP) is 0.0264. The Kier molecular flexibility index (Phi) is 3.54. The Morgan fingerprint density at radius 1 is 1.60 bits per heavy atom. The van der Waals surface area contributed by atoms with Crippen molar-refractivity contribution in [1.29, 1.82) is 0 Å². The van der Waals surface area contributed by atoms with Gasteiger partial charge in [-0.1, -0.05) is 0 Å². The lowest BCUT2D eigenvalue weighted by Gasteiger charge is -2.17. The van der Waals surface area contributed by atoms with Crippen LogP contribution in [-0.4, -0.2) is 42.1 Å². The number of aromatic nitrogens is 1. The Hall–Kier alpha value is -0.850. The molecule has 1 unspecified atom stereocenters. The highest BCUT2D eigenvalue weighted by Crippen LogP contribution is 2.14. The number of aryl methyl sites for hydroxylation is 1. The molecule has 0 radical (unpaired) electrons. The minimum Gasteiger partial charge on any atom is -0.392 e. The molecule has 0 aliphatic rings. The Balaban J connectivity index is 2.93. The molecule has 1 N–H and O–H groups in total. The molecule has 6 heteroatoms. The maximum absolute atomic E-state index is 11.9. The number of sulfonamides is 1. The zero-order chi connectivity index (χ0) is 11.6. The summed E-state index contributed by atoms with van der Waals surface area (Å²) in [4.78, 5) is 0.244. The highest BCUT2D eigenvalue weighted by Gasteiger charge is 2.22. The van der Waals surface area contributed by atoms with Crippen molar-refractivity contribution in [3.05, 3.63) is 18.5 Å². The van der Waals surface area contributed by atoms with Gasteiger partial charge in [0, 0.05) is 33.0 Å². The second kappa shape index (κ2) is 4.34. The Labute approximate surface area is 90.0 Å². The van der Waals surface area contributed by atoms with Gasteiger partial charge in [0.25, 0.3) is 0 Å². The van der Waals surface area contributed by atoms with Crippen LogP contribution < -0.4 is 0 Å². The molecule has 1 aromatic rings. The van der Waals surface area contributed by atoms with Gasteiger partial charge in [-0.2, -0.15) is 4.31 Å². The predicted molar refractivity (Wildman–Crippen MR) is 56.9 cm³/mol. The largest absolute Gasteiger partial charge is 0.392 e. The fourth-order valence-corrected chi connectivity index (χ4v) is 2.58. The minimum absolute atomic E-state index is 0.0945. The van der Waals surface area contributed by atoms with Crippen LogP contribution in [0.2, 0.25) is 0 Å². The van der Waals surface area contributed by atoms with E-state index >= 15 is 0 Å². The van der Waals surface area contributed by atoms with Crippen LogP contribution in [0.3, 0.4) is 0 Å². The smallest absolute Gasteiger partial charge is 0.244 e. The minimum atomic E-state index is -3.46. The third-order valence-corrected chi connectivity index (χ3v) is 3.84. The first-order valence-electron chi connectivity index (χ1n) is 4.60. The molecule has 0 spiro atoms. The van der Waals surface area contributed by atoms with Crippen LogP contribution in [0.5, 0.6) is 0 Å². The monoisotopic (exact) mass is 232 g/mol. The number of rotatable bonds is 4. The number of likely N-dealkylation sites (N-methyl/N-ethyl adjacent to an activating group) is 1. The van der Waals surface area contributed by atoms with E-state index in [-0.39, 0.29) is 11.4 Å². The summed E-state index contributed by atoms with van der Waals surface area (Å²) in [6.45, 7) is 1.65. The molecule has 15 heavy (non-hydrogen) atoms. The van der Waals surface area contributed by atoms with Gasteiger partial charge < -0.3 is 9.67 Å². The third kappa shape index (κ3) is 2.80. The van der Waals surface area contributed by atoms with Gasteiger partial charge in [-0.15, -0.1) is 0 Å². The highest BCUT2D eigenvalue weighted by atomic mass is 32.2. The van der Waals surface area contributed by atoms with E-state index in [0.717, 1.165) is 4.31 Å². The van der Waals surface area contributed by atoms with Crippen molar-refractivity contribution in [2.24, 2.45) is 7.05 Å². The fraction of sp³-hybridized carbons (Fsp3) is 0.556. The summed E-state index contributed by atoms with van der Waals surface area (Å²) >= 11 is 0. The summed E-state index contributed by atoms with van der Waals surface area (Å²) in [7, 11) is -0.250. The van der Waals surface area contributed by atoms with E-state index in [2.05, 4.69) is 0 Å². The quantitative estimate of drug-likeness (QED) is 0.796. The van der Waals surface area contributed by atoms with Crippen molar-refractivity contribution in [2.75, 3.05) is 13.6 Å². The molecule has 0 saturated carbocycles. The molecule has 0 saturated heterocycles. The summed E-state index contributed by atoms with van der Waals surface area (Å²) in [6, 6.07) is 1.54. The standard InChI is InChI=1S/C9H16N2O3S/c1-8(12)6-11(3)15(13,14)9-4-5-10(2)7-9/h4-5,7-8,12H,6H2,1-3H3. The molecular formula is C9H16N2O3S. The van der Waals surface area contributed by atoms with Gasteiger partial charge in [0.15, 0.2) is 0 Å². The van der Waals surface area contributed by atoms with Crippen molar-refractivity contribution in [3.8, 4) is 0 Å². The van der Waals surface area contributed by atoms with Gasteiger partial charge in [-0.3, -0.25) is 0 Å². The van der Waals surface area contributed by atoms with Crippen LogP contribution >= 0.6 is 0 Å². The average Bonchev–Trinajstić information content (AvgIpc) is 2.50. The normalized spacial score (nSPS) is 14.5. The van der Waals surface area contributed by atoms with Crippen LogP contribution in [-0.2, 0) is 17.1 Å². The molecule has 5 nitrogen and oxygen atoms in total. The molecule has 1 atom stereocenters. The molecule has 1 rings (SSSR count). The fourth-order valence-electron chi connectivity index (χ4n) is 1.28. The van der Waals surface area contributed by atoms with E-state index < -0.39 is 16.1 Å². The molecule has 0 aromatic carbocycles. The first kappa shape index (κ1) is 12.2. The summed E-state index contributed by atoms with van der Waals surface area (Å²) in [5, 5.41) is 9.13. The van der Waals surface area contributed by atoms with Gasteiger partial charge in [0.1, 0.15) is 0 Å². The molecule has 0 fully saturated rings. The summed E-state index contributed by atoms with van der Waals surface area (Å²) in [5.74, 6) is 0. The molecule has 1 heterocycles.